The molecule has 0 radical (unpaired) electrons. The Morgan fingerprint density at radius 3 is 2.48 bits per heavy atom. The molecule has 9 nitrogen and oxygen atoms in total. The smallest absolute Gasteiger partial charge is 0.285 e. The molecule has 2 aromatic carbocycles. The van der Waals surface area contributed by atoms with E-state index in [1.807, 2.05) is 45.9 Å². The number of rotatable bonds is 12. The summed E-state index contributed by atoms with van der Waals surface area (Å²) >= 11 is 15.7. The van der Waals surface area contributed by atoms with Crippen molar-refractivity contribution < 1.29 is 30.2 Å². The van der Waals surface area contributed by atoms with E-state index < -0.39 is 30.7 Å². The lowest BCUT2D eigenvalue weighted by Gasteiger charge is -2.22. The summed E-state index contributed by atoms with van der Waals surface area (Å²) in [6.07, 6.45) is 2.50. The highest BCUT2D eigenvalue weighted by atomic mass is 35.5. The number of hydrogen-bond donors (Lipinski definition) is 2. The number of nitrogens with one attached hydrogen (secondary N) is 1. The molecule has 1 aliphatic rings. The first-order chi connectivity index (χ1) is 18.8. The molecule has 0 spiro atoms. The molecule has 0 amide bonds. The van der Waals surface area contributed by atoms with Gasteiger partial charge in [0.05, 0.1) is 27.3 Å². The predicted octanol–water partition coefficient (Wildman–Crippen LogP) is 5.72. The van der Waals surface area contributed by atoms with E-state index in [1.165, 1.54) is 30.0 Å². The molecule has 2 atom stereocenters. The van der Waals surface area contributed by atoms with Crippen LogP contribution in [0.3, 0.4) is 0 Å². The van der Waals surface area contributed by atoms with Gasteiger partial charge in [0.25, 0.3) is 25.2 Å². The lowest BCUT2D eigenvalue weighted by atomic mass is 10.2. The molecule has 2 N–H and O–H groups in total. The molecular formula is C25H30Cl2N3O6S4+. The number of aryl methyl sites for hydroxylation is 1. The third kappa shape index (κ3) is 7.31. The Kier molecular flexibility index (Phi) is 10.1. The van der Waals surface area contributed by atoms with Gasteiger partial charge in [0.15, 0.2) is 6.54 Å². The number of hydrogen-bond acceptors (Lipinski definition) is 9. The Hall–Kier alpha value is -1.42. The number of thioether (sulfide) groups is 1. The number of anilines is 1. The molecule has 0 bridgehead atoms. The quantitative estimate of drug-likeness (QED) is 0.142. The van der Waals surface area contributed by atoms with Gasteiger partial charge >= 0.3 is 0 Å². The molecule has 2 unspecified atom stereocenters. The fourth-order valence-electron chi connectivity index (χ4n) is 4.07. The largest absolute Gasteiger partial charge is 0.335 e. The van der Waals surface area contributed by atoms with Gasteiger partial charge in [0, 0.05) is 40.5 Å². The highest BCUT2D eigenvalue weighted by Gasteiger charge is 2.31. The number of hydroxylamine groups is 1. The molecule has 2 heterocycles. The summed E-state index contributed by atoms with van der Waals surface area (Å²) in [5.74, 6) is 0. The number of halogens is 2. The van der Waals surface area contributed by atoms with Crippen molar-refractivity contribution in [1.29, 1.82) is 0 Å². The zero-order valence-electron chi connectivity index (χ0n) is 22.0. The van der Waals surface area contributed by atoms with E-state index in [0.717, 1.165) is 30.8 Å². The molecule has 0 saturated heterocycles. The molecule has 0 aliphatic carbocycles. The normalized spacial score (nSPS) is 16.6. The minimum atomic E-state index is -4.18. The van der Waals surface area contributed by atoms with Crippen LogP contribution < -0.4 is 14.9 Å². The van der Waals surface area contributed by atoms with E-state index >= 15 is 0 Å². The van der Waals surface area contributed by atoms with Crippen LogP contribution in [0, 0.1) is 0 Å². The van der Waals surface area contributed by atoms with Crippen LogP contribution in [0.1, 0.15) is 38.6 Å². The molecule has 3 aromatic rings. The average Bonchev–Trinajstić information content (AvgIpc) is 3.40. The molecule has 0 fully saturated rings. The number of benzene rings is 2. The van der Waals surface area contributed by atoms with E-state index in [1.54, 1.807) is 19.9 Å². The molecular weight excluding hydrogens is 637 g/mol. The molecule has 40 heavy (non-hydrogen) atoms. The molecule has 218 valence electrons. The molecule has 0 saturated carbocycles. The van der Waals surface area contributed by atoms with E-state index in [2.05, 4.69) is 5.48 Å². The van der Waals surface area contributed by atoms with Crippen molar-refractivity contribution in [2.24, 2.45) is 0 Å². The van der Waals surface area contributed by atoms with Crippen molar-refractivity contribution >= 4 is 88.5 Å². The molecule has 1 aromatic heterocycles. The van der Waals surface area contributed by atoms with E-state index in [9.17, 15) is 21.4 Å². The second-order valence-electron chi connectivity index (χ2n) is 9.34. The summed E-state index contributed by atoms with van der Waals surface area (Å²) in [4.78, 5) is 3.01. The van der Waals surface area contributed by atoms with Gasteiger partial charge in [0.1, 0.15) is 4.70 Å². The van der Waals surface area contributed by atoms with Crippen molar-refractivity contribution in [3.63, 3.8) is 0 Å². The van der Waals surface area contributed by atoms with Gasteiger partial charge in [-0.25, -0.2) is 0 Å². The Morgan fingerprint density at radius 2 is 1.77 bits per heavy atom. The first kappa shape index (κ1) is 31.5. The minimum Gasteiger partial charge on any atom is -0.335 e. The van der Waals surface area contributed by atoms with Crippen molar-refractivity contribution in [2.45, 2.75) is 55.6 Å². The fraction of sp³-hybridized carbons (Fsp3) is 0.400. The second-order valence-corrected chi connectivity index (χ2v) is 16.1. The highest BCUT2D eigenvalue weighted by molar-refractivity contribution is 8.04. The van der Waals surface area contributed by atoms with Crippen LogP contribution in [0.15, 0.2) is 46.3 Å². The van der Waals surface area contributed by atoms with E-state index in [-0.39, 0.29) is 6.42 Å². The maximum atomic E-state index is 12.5. The van der Waals surface area contributed by atoms with Gasteiger partial charge in [0.2, 0.25) is 5.52 Å². The van der Waals surface area contributed by atoms with Crippen molar-refractivity contribution in [1.82, 2.24) is 5.48 Å². The summed E-state index contributed by atoms with van der Waals surface area (Å²) in [6, 6.07) is 11.1. The average molecular weight is 668 g/mol. The number of nitrogens with zero attached hydrogens (tertiary/aromatic N) is 2. The van der Waals surface area contributed by atoms with Crippen LogP contribution in [0.25, 0.3) is 16.3 Å². The lowest BCUT2D eigenvalue weighted by Crippen LogP contribution is -2.37. The predicted molar refractivity (Wildman–Crippen MR) is 163 cm³/mol. The van der Waals surface area contributed by atoms with Crippen molar-refractivity contribution in [2.75, 3.05) is 18.0 Å². The Morgan fingerprint density at radius 1 is 1.07 bits per heavy atom. The SMILES string of the molecule is CCNOS(=O)(=O)C(C)CCN1/C(=C/c2sc3ccc(Cl)cc3[n+]2CCC(C)S(=O)(=O)O)Sc2ccc(Cl)cc21. The maximum absolute atomic E-state index is 12.5. The Labute approximate surface area is 252 Å². The number of aromatic nitrogens is 1. The van der Waals surface area contributed by atoms with Gasteiger partial charge in [-0.15, -0.1) is 0 Å². The summed E-state index contributed by atoms with van der Waals surface area (Å²) in [7, 11) is -7.98. The first-order valence-electron chi connectivity index (χ1n) is 12.5. The number of thiazole rings is 1. The van der Waals surface area contributed by atoms with Crippen LogP contribution in [0.2, 0.25) is 10.0 Å². The summed E-state index contributed by atoms with van der Waals surface area (Å²) < 4.78 is 65.7. The van der Waals surface area contributed by atoms with Gasteiger partial charge in [-0.2, -0.15) is 31.2 Å². The Bertz CT molecular complexity index is 1640. The van der Waals surface area contributed by atoms with Gasteiger partial charge in [-0.3, -0.25) is 4.55 Å². The third-order valence-corrected chi connectivity index (χ3v) is 12.0. The fourth-order valence-corrected chi connectivity index (χ4v) is 7.93. The molecule has 4 rings (SSSR count). The third-order valence-electron chi connectivity index (χ3n) is 6.47. The van der Waals surface area contributed by atoms with Gasteiger partial charge in [-0.05, 0) is 50.6 Å². The van der Waals surface area contributed by atoms with Crippen molar-refractivity contribution in [3.05, 3.63) is 56.5 Å². The first-order valence-corrected chi connectivity index (χ1v) is 17.9. The van der Waals surface area contributed by atoms with Gasteiger partial charge < -0.3 is 4.90 Å². The topological polar surface area (TPSA) is 117 Å². The molecule has 15 heteroatoms. The standard InChI is InChI=1S/C25H29Cl2N3O6S4/c1-4-28-36-40(34,35)17(3)10-12-30-21-14-19(27)6-8-23(21)38-25(30)15-24-29(11-9-16(2)39(31,32)33)20-13-18(26)5-7-22(20)37-24/h5-8,13-17,28H,4,9-12H2,1-3H3/p+1. The highest BCUT2D eigenvalue weighted by Crippen LogP contribution is 2.48. The zero-order chi connectivity index (χ0) is 29.2. The summed E-state index contributed by atoms with van der Waals surface area (Å²) in [5.41, 5.74) is 4.14. The van der Waals surface area contributed by atoms with Crippen LogP contribution >= 0.6 is 46.3 Å². The van der Waals surface area contributed by atoms with E-state index in [4.69, 9.17) is 27.5 Å². The van der Waals surface area contributed by atoms with Crippen LogP contribution in [-0.4, -0.2) is 45.0 Å². The lowest BCUT2D eigenvalue weighted by molar-refractivity contribution is -0.669. The summed E-state index contributed by atoms with van der Waals surface area (Å²) in [6.45, 7) is 5.91. The van der Waals surface area contributed by atoms with Crippen LogP contribution in [-0.2, 0) is 31.1 Å². The Balaban J connectivity index is 1.71. The monoisotopic (exact) mass is 666 g/mol. The van der Waals surface area contributed by atoms with E-state index in [0.29, 0.717) is 36.1 Å². The maximum Gasteiger partial charge on any atom is 0.285 e. The number of fused-ring (bicyclic) bond motifs is 2. The van der Waals surface area contributed by atoms with Gasteiger partial charge in [-0.1, -0.05) is 53.2 Å². The molecule has 1 aliphatic heterocycles. The minimum absolute atomic E-state index is 0.200. The summed E-state index contributed by atoms with van der Waals surface area (Å²) in [5, 5.41) is 1.12. The van der Waals surface area contributed by atoms with Crippen LogP contribution in [0.5, 0.6) is 0 Å². The van der Waals surface area contributed by atoms with Crippen molar-refractivity contribution in [3.8, 4) is 0 Å². The van der Waals surface area contributed by atoms with Crippen LogP contribution in [0.4, 0.5) is 5.69 Å². The zero-order valence-corrected chi connectivity index (χ0v) is 26.8. The second kappa shape index (κ2) is 12.8.